The maximum atomic E-state index is 13.4. The number of H-pyrrole nitrogens is 1. The van der Waals surface area contributed by atoms with E-state index in [0.717, 1.165) is 12.0 Å². The first-order valence-corrected chi connectivity index (χ1v) is 12.0. The van der Waals surface area contributed by atoms with Crippen LogP contribution in [-0.2, 0) is 16.0 Å². The molecule has 0 radical (unpaired) electrons. The van der Waals surface area contributed by atoms with Gasteiger partial charge in [-0.2, -0.15) is 9.81 Å². The highest BCUT2D eigenvalue weighted by atomic mass is 16.5. The van der Waals surface area contributed by atoms with Crippen LogP contribution in [0, 0.1) is 15.7 Å². The molecular formula is C25H30N6O5. The van der Waals surface area contributed by atoms with E-state index in [0.29, 0.717) is 41.4 Å². The third-order valence-corrected chi connectivity index (χ3v) is 6.46. The molecule has 1 amide bonds. The van der Waals surface area contributed by atoms with Crippen molar-refractivity contribution in [1.29, 1.82) is 0 Å². The molecule has 0 saturated heterocycles. The zero-order chi connectivity index (χ0) is 25.5. The van der Waals surface area contributed by atoms with Crippen molar-refractivity contribution >= 4 is 23.0 Å². The predicted molar refractivity (Wildman–Crippen MR) is 136 cm³/mol. The number of likely N-dealkylation sites (N-methyl/N-ethyl adjacent to an activating group) is 1. The molecule has 0 bridgehead atoms. The highest BCUT2D eigenvalue weighted by Crippen LogP contribution is 2.39. The van der Waals surface area contributed by atoms with E-state index >= 15 is 0 Å². The van der Waals surface area contributed by atoms with Crippen LogP contribution in [0.5, 0.6) is 0 Å². The van der Waals surface area contributed by atoms with Gasteiger partial charge in [-0.15, -0.1) is 0 Å². The second-order valence-electron chi connectivity index (χ2n) is 8.92. The van der Waals surface area contributed by atoms with Gasteiger partial charge < -0.3 is 25.3 Å². The fourth-order valence-electron chi connectivity index (χ4n) is 4.70. The number of Topliss-reactive ketones (excluding diaryl/α,β-unsaturated/α-hetero) is 1. The largest absolute Gasteiger partial charge is 0.493 e. The van der Waals surface area contributed by atoms with Gasteiger partial charge in [-0.3, -0.25) is 9.59 Å². The Kier molecular flexibility index (Phi) is 8.09. The van der Waals surface area contributed by atoms with Crippen LogP contribution in [0.4, 0.5) is 5.69 Å². The van der Waals surface area contributed by atoms with Crippen molar-refractivity contribution in [3.05, 3.63) is 69.1 Å². The number of aromatic amines is 1. The molecule has 4 rings (SSSR count). The Morgan fingerprint density at radius 2 is 2.06 bits per heavy atom. The molecule has 2 aliphatic carbocycles. The van der Waals surface area contributed by atoms with Crippen LogP contribution in [0.2, 0.25) is 0 Å². The minimum absolute atomic E-state index is 0.00212. The molecule has 1 aromatic rings. The second kappa shape index (κ2) is 11.6. The molecule has 0 saturated carbocycles. The lowest BCUT2D eigenvalue weighted by atomic mass is 9.85. The van der Waals surface area contributed by atoms with Gasteiger partial charge in [0.25, 0.3) is 0 Å². The molecule has 11 nitrogen and oxygen atoms in total. The molecule has 190 valence electrons. The first kappa shape index (κ1) is 25.1. The van der Waals surface area contributed by atoms with E-state index in [4.69, 9.17) is 4.74 Å². The molecule has 3 aliphatic rings. The number of anilines is 1. The van der Waals surface area contributed by atoms with E-state index < -0.39 is 5.92 Å². The third kappa shape index (κ3) is 5.45. The number of carbonyl (C=O) groups excluding carboxylic acids is 2. The normalized spacial score (nSPS) is 20.5. The standard InChI is InChI=1S/C25H30N6O5/c1-31(11-9-27-34)25(33)16-13-19-22(20(32)14-16)24(29-17-5-3-2-4-6-17)23(30-19)18-7-8-26-15-21(18)36-12-10-28-35/h2-5,7-8,16-17,26,29-30H,6,9-15H2,1H3. The summed E-state index contributed by atoms with van der Waals surface area (Å²) in [6.45, 7) is 0.820. The number of hydrogen-bond donors (Lipinski definition) is 3. The molecule has 1 aliphatic heterocycles. The topological polar surface area (TPSA) is 145 Å². The summed E-state index contributed by atoms with van der Waals surface area (Å²) in [6, 6.07) is -0.00212. The number of ketones is 1. The summed E-state index contributed by atoms with van der Waals surface area (Å²) in [5, 5.41) is 12.3. The van der Waals surface area contributed by atoms with Crippen molar-refractivity contribution in [2.75, 3.05) is 45.2 Å². The van der Waals surface area contributed by atoms with Gasteiger partial charge in [-0.1, -0.05) is 34.7 Å². The van der Waals surface area contributed by atoms with Gasteiger partial charge in [0, 0.05) is 43.7 Å². The summed E-state index contributed by atoms with van der Waals surface area (Å²) >= 11 is 0. The van der Waals surface area contributed by atoms with Crippen molar-refractivity contribution in [2.24, 2.45) is 16.3 Å². The molecule has 36 heavy (non-hydrogen) atoms. The van der Waals surface area contributed by atoms with Crippen molar-refractivity contribution in [3.8, 4) is 0 Å². The van der Waals surface area contributed by atoms with E-state index in [1.807, 2.05) is 24.3 Å². The van der Waals surface area contributed by atoms with Gasteiger partial charge in [0.05, 0.1) is 36.0 Å². The van der Waals surface area contributed by atoms with E-state index in [1.165, 1.54) is 4.90 Å². The molecule has 3 N–H and O–H groups in total. The zero-order valence-electron chi connectivity index (χ0n) is 20.2. The minimum atomic E-state index is -0.523. The Bertz CT molecular complexity index is 1150. The smallest absolute Gasteiger partial charge is 0.226 e. The van der Waals surface area contributed by atoms with E-state index in [-0.39, 0.29) is 50.4 Å². The lowest BCUT2D eigenvalue weighted by molar-refractivity contribution is -0.134. The quantitative estimate of drug-likeness (QED) is 0.317. The van der Waals surface area contributed by atoms with Crippen molar-refractivity contribution < 1.29 is 14.3 Å². The van der Waals surface area contributed by atoms with Gasteiger partial charge in [0.15, 0.2) is 5.78 Å². The number of nitrogens with zero attached hydrogens (tertiary/aromatic N) is 3. The maximum absolute atomic E-state index is 13.4. The van der Waals surface area contributed by atoms with E-state index in [9.17, 15) is 19.4 Å². The summed E-state index contributed by atoms with van der Waals surface area (Å²) in [5.41, 5.74) is 3.39. The van der Waals surface area contributed by atoms with Crippen LogP contribution in [0.1, 0.15) is 34.6 Å². The third-order valence-electron chi connectivity index (χ3n) is 6.46. The number of nitroso groups, excluding NO2 is 2. The molecule has 0 aromatic carbocycles. The number of aromatic nitrogens is 1. The first-order chi connectivity index (χ1) is 17.5. The van der Waals surface area contributed by atoms with Crippen LogP contribution in [0.15, 0.2) is 52.7 Å². The number of fused-ring (bicyclic) bond motifs is 1. The summed E-state index contributed by atoms with van der Waals surface area (Å²) in [4.78, 5) is 52.3. The van der Waals surface area contributed by atoms with Crippen LogP contribution in [-0.4, -0.2) is 67.4 Å². The fraction of sp³-hybridized carbons (Fsp3) is 0.440. The average Bonchev–Trinajstić information content (AvgIpc) is 3.26. The highest BCUT2D eigenvalue weighted by molar-refractivity contribution is 6.08. The van der Waals surface area contributed by atoms with Gasteiger partial charge in [-0.05, 0) is 18.7 Å². The number of hydrogen-bond acceptors (Lipinski definition) is 9. The number of allylic oxidation sites excluding steroid dienone is 4. The monoisotopic (exact) mass is 494 g/mol. The Balaban J connectivity index is 1.71. The molecule has 1 aromatic heterocycles. The number of nitrogens with one attached hydrogen (secondary N) is 3. The van der Waals surface area contributed by atoms with Crippen LogP contribution in [0.25, 0.3) is 5.57 Å². The number of amides is 1. The summed E-state index contributed by atoms with van der Waals surface area (Å²) in [6.07, 6.45) is 12.9. The number of carbonyl (C=O) groups is 2. The fourth-order valence-corrected chi connectivity index (χ4v) is 4.70. The summed E-state index contributed by atoms with van der Waals surface area (Å²) in [5.74, 6) is -0.202. The molecule has 2 atom stereocenters. The minimum Gasteiger partial charge on any atom is -0.493 e. The number of ether oxygens (including phenoxy) is 1. The maximum Gasteiger partial charge on any atom is 0.226 e. The number of dihydropyridines is 1. The summed E-state index contributed by atoms with van der Waals surface area (Å²) in [7, 11) is 1.62. The van der Waals surface area contributed by atoms with Gasteiger partial charge >= 0.3 is 0 Å². The zero-order valence-corrected chi connectivity index (χ0v) is 20.2. The second-order valence-corrected chi connectivity index (χ2v) is 8.92. The van der Waals surface area contributed by atoms with E-state index in [2.05, 4.69) is 32.0 Å². The van der Waals surface area contributed by atoms with Crippen LogP contribution >= 0.6 is 0 Å². The average molecular weight is 495 g/mol. The van der Waals surface area contributed by atoms with Crippen molar-refractivity contribution in [2.45, 2.75) is 25.3 Å². The highest BCUT2D eigenvalue weighted by Gasteiger charge is 2.37. The van der Waals surface area contributed by atoms with Crippen molar-refractivity contribution in [3.63, 3.8) is 0 Å². The van der Waals surface area contributed by atoms with E-state index in [1.54, 1.807) is 13.2 Å². The molecule has 2 heterocycles. The molecule has 0 spiro atoms. The lowest BCUT2D eigenvalue weighted by Gasteiger charge is -2.26. The van der Waals surface area contributed by atoms with Crippen LogP contribution < -0.4 is 10.6 Å². The van der Waals surface area contributed by atoms with Gasteiger partial charge in [0.1, 0.15) is 18.9 Å². The Morgan fingerprint density at radius 1 is 1.22 bits per heavy atom. The molecule has 11 heteroatoms. The Labute approximate surface area is 208 Å². The molecule has 0 fully saturated rings. The van der Waals surface area contributed by atoms with Crippen LogP contribution in [0.3, 0.4) is 0 Å². The van der Waals surface area contributed by atoms with Gasteiger partial charge in [0.2, 0.25) is 5.91 Å². The van der Waals surface area contributed by atoms with Gasteiger partial charge in [-0.25, -0.2) is 0 Å². The predicted octanol–water partition coefficient (Wildman–Crippen LogP) is 2.89. The molecule has 2 unspecified atom stereocenters. The lowest BCUT2D eigenvalue weighted by Crippen LogP contribution is -2.38. The SMILES string of the molecule is CN(CCN=O)C(=O)C1CC(=O)c2c([nH]c(C3=C(OCCN=O)CNC=C3)c2NC2C=CC=CC2)C1. The summed E-state index contributed by atoms with van der Waals surface area (Å²) < 4.78 is 5.84. The number of rotatable bonds is 11. The Hall–Kier alpha value is -4.02. The Morgan fingerprint density at radius 3 is 2.81 bits per heavy atom. The molecular weight excluding hydrogens is 464 g/mol. The first-order valence-electron chi connectivity index (χ1n) is 12.0. The van der Waals surface area contributed by atoms with Crippen molar-refractivity contribution in [1.82, 2.24) is 15.2 Å².